The van der Waals surface area contributed by atoms with Crippen LogP contribution >= 0.6 is 0 Å². The molecule has 1 N–H and O–H groups in total. The molecule has 3 heteroatoms. The molecule has 1 aromatic heterocycles. The summed E-state index contributed by atoms with van der Waals surface area (Å²) >= 11 is 0. The molecule has 3 nitrogen and oxygen atoms in total. The standard InChI is InChI=1S/C21H22N2O/c1-17(23-15-19-8-5-13-22-14-19)20-9-11-21(12-10-20)24-16-18-6-3-2-4-7-18/h2-14,17,23H,15-16H2,1H3. The quantitative estimate of drug-likeness (QED) is 0.696. The van der Waals surface area contributed by atoms with Crippen LogP contribution in [0, 0.1) is 0 Å². The lowest BCUT2D eigenvalue weighted by Gasteiger charge is -2.15. The highest BCUT2D eigenvalue weighted by Gasteiger charge is 2.05. The number of hydrogen-bond acceptors (Lipinski definition) is 3. The van der Waals surface area contributed by atoms with Crippen LogP contribution in [0.25, 0.3) is 0 Å². The molecule has 0 spiro atoms. The predicted molar refractivity (Wildman–Crippen MR) is 96.7 cm³/mol. The van der Waals surface area contributed by atoms with Crippen molar-refractivity contribution in [2.24, 2.45) is 0 Å². The Hall–Kier alpha value is -2.65. The van der Waals surface area contributed by atoms with E-state index in [1.54, 1.807) is 6.20 Å². The molecule has 3 aromatic rings. The van der Waals surface area contributed by atoms with Gasteiger partial charge in [-0.25, -0.2) is 0 Å². The molecule has 0 aliphatic rings. The third-order valence-electron chi connectivity index (χ3n) is 3.96. The second-order valence-electron chi connectivity index (χ2n) is 5.81. The van der Waals surface area contributed by atoms with Gasteiger partial charge in [0.05, 0.1) is 0 Å². The number of benzene rings is 2. The molecule has 3 rings (SSSR count). The zero-order valence-corrected chi connectivity index (χ0v) is 13.9. The van der Waals surface area contributed by atoms with Crippen LogP contribution in [-0.2, 0) is 13.2 Å². The van der Waals surface area contributed by atoms with Gasteiger partial charge >= 0.3 is 0 Å². The summed E-state index contributed by atoms with van der Waals surface area (Å²) in [7, 11) is 0. The first-order chi connectivity index (χ1) is 11.8. The molecule has 0 saturated carbocycles. The van der Waals surface area contributed by atoms with E-state index in [4.69, 9.17) is 4.74 Å². The molecule has 0 radical (unpaired) electrons. The van der Waals surface area contributed by atoms with Crippen LogP contribution in [-0.4, -0.2) is 4.98 Å². The number of ether oxygens (including phenoxy) is 1. The van der Waals surface area contributed by atoms with Crippen molar-refractivity contribution < 1.29 is 4.74 Å². The summed E-state index contributed by atoms with van der Waals surface area (Å²) in [4.78, 5) is 4.14. The number of nitrogens with one attached hydrogen (secondary N) is 1. The summed E-state index contributed by atoms with van der Waals surface area (Å²) in [6.07, 6.45) is 3.68. The van der Waals surface area contributed by atoms with E-state index in [2.05, 4.69) is 47.6 Å². The third kappa shape index (κ3) is 4.67. The first-order valence-corrected chi connectivity index (χ1v) is 8.20. The molecule has 1 unspecified atom stereocenters. The fourth-order valence-electron chi connectivity index (χ4n) is 2.49. The van der Waals surface area contributed by atoms with Gasteiger partial charge in [0.25, 0.3) is 0 Å². The Labute approximate surface area is 143 Å². The van der Waals surface area contributed by atoms with Gasteiger partial charge < -0.3 is 10.1 Å². The Morgan fingerprint density at radius 1 is 0.917 bits per heavy atom. The van der Waals surface area contributed by atoms with Gasteiger partial charge in [-0.2, -0.15) is 0 Å². The number of hydrogen-bond donors (Lipinski definition) is 1. The summed E-state index contributed by atoms with van der Waals surface area (Å²) in [6, 6.07) is 22.8. The van der Waals surface area contributed by atoms with Crippen molar-refractivity contribution >= 4 is 0 Å². The average molecular weight is 318 g/mol. The van der Waals surface area contributed by atoms with Crippen LogP contribution in [0.4, 0.5) is 0 Å². The van der Waals surface area contributed by atoms with E-state index >= 15 is 0 Å². The fourth-order valence-corrected chi connectivity index (χ4v) is 2.49. The van der Waals surface area contributed by atoms with E-state index in [1.807, 2.05) is 42.6 Å². The topological polar surface area (TPSA) is 34.2 Å². The highest BCUT2D eigenvalue weighted by Crippen LogP contribution is 2.19. The van der Waals surface area contributed by atoms with E-state index < -0.39 is 0 Å². The molecule has 24 heavy (non-hydrogen) atoms. The molecule has 0 aliphatic carbocycles. The minimum absolute atomic E-state index is 0.272. The summed E-state index contributed by atoms with van der Waals surface area (Å²) in [5, 5.41) is 3.51. The molecular weight excluding hydrogens is 296 g/mol. The van der Waals surface area contributed by atoms with Crippen LogP contribution in [0.15, 0.2) is 79.1 Å². The summed E-state index contributed by atoms with van der Waals surface area (Å²) < 4.78 is 5.83. The lowest BCUT2D eigenvalue weighted by Crippen LogP contribution is -2.18. The summed E-state index contributed by atoms with van der Waals surface area (Å²) in [5.74, 6) is 0.891. The Bertz CT molecular complexity index is 727. The number of pyridine rings is 1. The highest BCUT2D eigenvalue weighted by molar-refractivity contribution is 5.29. The molecule has 122 valence electrons. The smallest absolute Gasteiger partial charge is 0.119 e. The molecule has 1 heterocycles. The maximum absolute atomic E-state index is 5.83. The van der Waals surface area contributed by atoms with Gasteiger partial charge in [-0.15, -0.1) is 0 Å². The second-order valence-corrected chi connectivity index (χ2v) is 5.81. The normalized spacial score (nSPS) is 11.9. The van der Waals surface area contributed by atoms with E-state index in [9.17, 15) is 0 Å². The second kappa shape index (κ2) is 8.27. The van der Waals surface area contributed by atoms with Gasteiger partial charge in [0.1, 0.15) is 12.4 Å². The molecule has 0 fully saturated rings. The van der Waals surface area contributed by atoms with E-state index in [-0.39, 0.29) is 6.04 Å². The molecule has 0 bridgehead atoms. The van der Waals surface area contributed by atoms with E-state index in [0.29, 0.717) is 6.61 Å². The fraction of sp³-hybridized carbons (Fsp3) is 0.190. The molecule has 0 amide bonds. The van der Waals surface area contributed by atoms with Crippen molar-refractivity contribution in [2.75, 3.05) is 0 Å². The van der Waals surface area contributed by atoms with Crippen LogP contribution in [0.5, 0.6) is 5.75 Å². The van der Waals surface area contributed by atoms with Gasteiger partial charge in [-0.1, -0.05) is 48.5 Å². The number of nitrogens with zero attached hydrogens (tertiary/aromatic N) is 1. The lowest BCUT2D eigenvalue weighted by atomic mass is 10.1. The first-order valence-electron chi connectivity index (χ1n) is 8.20. The minimum Gasteiger partial charge on any atom is -0.489 e. The number of rotatable bonds is 7. The van der Waals surface area contributed by atoms with Crippen LogP contribution in [0.1, 0.15) is 29.7 Å². The van der Waals surface area contributed by atoms with Crippen LogP contribution in [0.3, 0.4) is 0 Å². The first kappa shape index (κ1) is 16.2. The van der Waals surface area contributed by atoms with Crippen molar-refractivity contribution in [2.45, 2.75) is 26.1 Å². The average Bonchev–Trinajstić information content (AvgIpc) is 2.66. The Balaban J connectivity index is 1.52. The maximum atomic E-state index is 5.83. The third-order valence-corrected chi connectivity index (χ3v) is 3.96. The summed E-state index contributed by atoms with van der Waals surface area (Å²) in [5.41, 5.74) is 3.60. The Kier molecular flexibility index (Phi) is 5.59. The molecule has 2 aromatic carbocycles. The SMILES string of the molecule is CC(NCc1cccnc1)c1ccc(OCc2ccccc2)cc1. The number of aromatic nitrogens is 1. The van der Waals surface area contributed by atoms with Crippen molar-refractivity contribution in [3.63, 3.8) is 0 Å². The van der Waals surface area contributed by atoms with Crippen molar-refractivity contribution in [3.8, 4) is 5.75 Å². The van der Waals surface area contributed by atoms with Crippen molar-refractivity contribution in [1.29, 1.82) is 0 Å². The van der Waals surface area contributed by atoms with Crippen molar-refractivity contribution in [1.82, 2.24) is 10.3 Å². The largest absolute Gasteiger partial charge is 0.489 e. The van der Waals surface area contributed by atoms with E-state index in [1.165, 1.54) is 16.7 Å². The van der Waals surface area contributed by atoms with Gasteiger partial charge in [-0.05, 0) is 41.8 Å². The summed E-state index contributed by atoms with van der Waals surface area (Å²) in [6.45, 7) is 3.56. The van der Waals surface area contributed by atoms with Gasteiger partial charge in [0.15, 0.2) is 0 Å². The highest BCUT2D eigenvalue weighted by atomic mass is 16.5. The van der Waals surface area contributed by atoms with Crippen LogP contribution < -0.4 is 10.1 Å². The van der Waals surface area contributed by atoms with Gasteiger partial charge in [0.2, 0.25) is 0 Å². The monoisotopic (exact) mass is 318 g/mol. The maximum Gasteiger partial charge on any atom is 0.119 e. The molecule has 1 atom stereocenters. The predicted octanol–water partition coefficient (Wildman–Crippen LogP) is 4.51. The molecule has 0 saturated heterocycles. The van der Waals surface area contributed by atoms with Gasteiger partial charge in [-0.3, -0.25) is 4.98 Å². The Morgan fingerprint density at radius 2 is 1.67 bits per heavy atom. The zero-order chi connectivity index (χ0) is 16.6. The zero-order valence-electron chi connectivity index (χ0n) is 13.9. The minimum atomic E-state index is 0.272. The lowest BCUT2D eigenvalue weighted by molar-refractivity contribution is 0.306. The Morgan fingerprint density at radius 3 is 2.38 bits per heavy atom. The van der Waals surface area contributed by atoms with Crippen LogP contribution in [0.2, 0.25) is 0 Å². The molecule has 0 aliphatic heterocycles. The van der Waals surface area contributed by atoms with E-state index in [0.717, 1.165) is 12.3 Å². The van der Waals surface area contributed by atoms with Crippen molar-refractivity contribution in [3.05, 3.63) is 95.8 Å². The van der Waals surface area contributed by atoms with Gasteiger partial charge in [0, 0.05) is 25.0 Å². The molecular formula is C21H22N2O.